The normalized spacial score (nSPS) is 35.1. The van der Waals surface area contributed by atoms with Crippen molar-refractivity contribution in [2.75, 3.05) is 19.7 Å². The maximum absolute atomic E-state index is 12.4. The van der Waals surface area contributed by atoms with Crippen LogP contribution in [0.25, 0.3) is 0 Å². The third-order valence-electron chi connectivity index (χ3n) is 4.43. The van der Waals surface area contributed by atoms with Gasteiger partial charge in [0.25, 0.3) is 0 Å². The lowest BCUT2D eigenvalue weighted by molar-refractivity contribution is -0.141. The SMILES string of the molecule is O=CC1CC(C(=O)N2CCCC2)CC(C=O)(CO)C1. The quantitative estimate of drug-likeness (QED) is 0.748. The molecule has 0 aromatic rings. The van der Waals surface area contributed by atoms with E-state index in [-0.39, 0.29) is 24.3 Å². The number of carbonyl (C=O) groups is 3. The van der Waals surface area contributed by atoms with E-state index in [1.54, 1.807) is 0 Å². The van der Waals surface area contributed by atoms with Crippen LogP contribution in [0.1, 0.15) is 32.1 Å². The van der Waals surface area contributed by atoms with Gasteiger partial charge in [0.2, 0.25) is 5.91 Å². The van der Waals surface area contributed by atoms with Crippen molar-refractivity contribution in [3.8, 4) is 0 Å². The van der Waals surface area contributed by atoms with Gasteiger partial charge in [-0.25, -0.2) is 0 Å². The first-order valence-corrected chi connectivity index (χ1v) is 6.95. The third-order valence-corrected chi connectivity index (χ3v) is 4.43. The first-order chi connectivity index (χ1) is 9.14. The molecule has 1 aliphatic heterocycles. The predicted molar refractivity (Wildman–Crippen MR) is 68.3 cm³/mol. The van der Waals surface area contributed by atoms with E-state index >= 15 is 0 Å². The molecule has 2 fully saturated rings. The number of nitrogens with zero attached hydrogens (tertiary/aromatic N) is 1. The first-order valence-electron chi connectivity index (χ1n) is 6.95. The molecule has 19 heavy (non-hydrogen) atoms. The summed E-state index contributed by atoms with van der Waals surface area (Å²) >= 11 is 0. The van der Waals surface area contributed by atoms with Gasteiger partial charge in [-0.2, -0.15) is 0 Å². The third kappa shape index (κ3) is 2.86. The highest BCUT2D eigenvalue weighted by molar-refractivity contribution is 5.80. The molecule has 0 aromatic heterocycles. The van der Waals surface area contributed by atoms with Crippen molar-refractivity contribution in [3.63, 3.8) is 0 Å². The summed E-state index contributed by atoms with van der Waals surface area (Å²) < 4.78 is 0. The molecule has 0 bridgehead atoms. The Kier molecular flexibility index (Phi) is 4.34. The fourth-order valence-electron chi connectivity index (χ4n) is 3.38. The first kappa shape index (κ1) is 14.2. The van der Waals surface area contributed by atoms with E-state index in [4.69, 9.17) is 0 Å². The number of aliphatic hydroxyl groups is 1. The van der Waals surface area contributed by atoms with Crippen LogP contribution in [0.15, 0.2) is 0 Å². The highest BCUT2D eigenvalue weighted by Crippen LogP contribution is 2.41. The molecule has 1 saturated carbocycles. The van der Waals surface area contributed by atoms with Crippen molar-refractivity contribution in [3.05, 3.63) is 0 Å². The average molecular weight is 267 g/mol. The van der Waals surface area contributed by atoms with Crippen molar-refractivity contribution in [1.82, 2.24) is 4.90 Å². The van der Waals surface area contributed by atoms with Gasteiger partial charge in [0, 0.05) is 24.9 Å². The molecule has 2 rings (SSSR count). The molecular weight excluding hydrogens is 246 g/mol. The Morgan fingerprint density at radius 3 is 2.47 bits per heavy atom. The molecule has 3 unspecified atom stereocenters. The second kappa shape index (κ2) is 5.82. The Morgan fingerprint density at radius 2 is 1.95 bits per heavy atom. The van der Waals surface area contributed by atoms with Gasteiger partial charge in [-0.05, 0) is 32.1 Å². The predicted octanol–water partition coefficient (Wildman–Crippen LogP) is 0.402. The largest absolute Gasteiger partial charge is 0.395 e. The number of hydrogen-bond acceptors (Lipinski definition) is 4. The number of rotatable bonds is 4. The number of aliphatic hydroxyl groups excluding tert-OH is 1. The lowest BCUT2D eigenvalue weighted by atomic mass is 9.66. The smallest absolute Gasteiger partial charge is 0.225 e. The molecule has 0 aromatic carbocycles. The van der Waals surface area contributed by atoms with Crippen LogP contribution in [0.2, 0.25) is 0 Å². The Hall–Kier alpha value is -1.23. The van der Waals surface area contributed by atoms with E-state index in [0.717, 1.165) is 38.5 Å². The molecule has 1 aliphatic carbocycles. The number of likely N-dealkylation sites (tertiary alicyclic amines) is 1. The van der Waals surface area contributed by atoms with Gasteiger partial charge in [-0.3, -0.25) is 4.79 Å². The molecular formula is C14H21NO4. The summed E-state index contributed by atoms with van der Waals surface area (Å²) in [6.07, 6.45) is 4.83. The van der Waals surface area contributed by atoms with Gasteiger partial charge < -0.3 is 19.6 Å². The lowest BCUT2D eigenvalue weighted by Gasteiger charge is -2.38. The van der Waals surface area contributed by atoms with Gasteiger partial charge >= 0.3 is 0 Å². The number of aldehydes is 2. The standard InChI is InChI=1S/C14H21NO4/c16-8-11-5-12(7-14(6-11,9-17)10-18)13(19)15-3-1-2-4-15/h8-9,11-12,18H,1-7,10H2. The monoisotopic (exact) mass is 267 g/mol. The lowest BCUT2D eigenvalue weighted by Crippen LogP contribution is -2.44. The van der Waals surface area contributed by atoms with Gasteiger partial charge in [0.15, 0.2) is 0 Å². The van der Waals surface area contributed by atoms with Crippen LogP contribution in [0, 0.1) is 17.3 Å². The zero-order valence-electron chi connectivity index (χ0n) is 11.1. The van der Waals surface area contributed by atoms with Gasteiger partial charge in [-0.15, -0.1) is 0 Å². The maximum atomic E-state index is 12.4. The Balaban J connectivity index is 2.12. The van der Waals surface area contributed by atoms with Crippen molar-refractivity contribution >= 4 is 18.5 Å². The number of carbonyl (C=O) groups excluding carboxylic acids is 3. The van der Waals surface area contributed by atoms with Crippen molar-refractivity contribution in [2.45, 2.75) is 32.1 Å². The van der Waals surface area contributed by atoms with E-state index in [1.165, 1.54) is 0 Å². The Labute approximate surface area is 113 Å². The van der Waals surface area contributed by atoms with Crippen molar-refractivity contribution < 1.29 is 19.5 Å². The second-order valence-corrected chi connectivity index (χ2v) is 5.91. The summed E-state index contributed by atoms with van der Waals surface area (Å²) in [6, 6.07) is 0. The summed E-state index contributed by atoms with van der Waals surface area (Å²) in [5.41, 5.74) is -0.913. The van der Waals surface area contributed by atoms with Crippen molar-refractivity contribution in [1.29, 1.82) is 0 Å². The minimum Gasteiger partial charge on any atom is -0.395 e. The highest BCUT2D eigenvalue weighted by Gasteiger charge is 2.43. The van der Waals surface area contributed by atoms with Crippen LogP contribution in [0.3, 0.4) is 0 Å². The highest BCUT2D eigenvalue weighted by atomic mass is 16.3. The summed E-state index contributed by atoms with van der Waals surface area (Å²) in [5.74, 6) is -0.564. The van der Waals surface area contributed by atoms with Crippen LogP contribution in [-0.2, 0) is 14.4 Å². The number of amides is 1. The van der Waals surface area contributed by atoms with E-state index in [9.17, 15) is 19.5 Å². The molecule has 5 heteroatoms. The summed E-state index contributed by atoms with van der Waals surface area (Å²) in [4.78, 5) is 36.5. The topological polar surface area (TPSA) is 74.7 Å². The molecule has 1 saturated heterocycles. The van der Waals surface area contributed by atoms with E-state index in [2.05, 4.69) is 0 Å². The van der Waals surface area contributed by atoms with Crippen LogP contribution >= 0.6 is 0 Å². The van der Waals surface area contributed by atoms with E-state index < -0.39 is 5.41 Å². The van der Waals surface area contributed by atoms with Gasteiger partial charge in [-0.1, -0.05) is 0 Å². The fourth-order valence-corrected chi connectivity index (χ4v) is 3.38. The van der Waals surface area contributed by atoms with Crippen LogP contribution < -0.4 is 0 Å². The second-order valence-electron chi connectivity index (χ2n) is 5.91. The Morgan fingerprint density at radius 1 is 1.26 bits per heavy atom. The summed E-state index contributed by atoms with van der Waals surface area (Å²) in [6.45, 7) is 1.26. The zero-order chi connectivity index (χ0) is 13.9. The molecule has 1 amide bonds. The molecule has 2 aliphatic rings. The van der Waals surface area contributed by atoms with Crippen LogP contribution in [0.5, 0.6) is 0 Å². The van der Waals surface area contributed by atoms with E-state index in [1.807, 2.05) is 4.90 Å². The van der Waals surface area contributed by atoms with Crippen molar-refractivity contribution in [2.24, 2.45) is 17.3 Å². The maximum Gasteiger partial charge on any atom is 0.225 e. The van der Waals surface area contributed by atoms with Crippen LogP contribution in [-0.4, -0.2) is 48.2 Å². The Bertz CT molecular complexity index is 364. The minimum atomic E-state index is -0.913. The zero-order valence-corrected chi connectivity index (χ0v) is 11.1. The van der Waals surface area contributed by atoms with Gasteiger partial charge in [0.05, 0.1) is 12.0 Å². The molecule has 0 radical (unpaired) electrons. The summed E-state index contributed by atoms with van der Waals surface area (Å²) in [5, 5.41) is 9.45. The summed E-state index contributed by atoms with van der Waals surface area (Å²) in [7, 11) is 0. The molecule has 5 nitrogen and oxygen atoms in total. The fraction of sp³-hybridized carbons (Fsp3) is 0.786. The van der Waals surface area contributed by atoms with E-state index in [0.29, 0.717) is 19.3 Å². The minimum absolute atomic E-state index is 0.0451. The van der Waals surface area contributed by atoms with Crippen LogP contribution in [0.4, 0.5) is 0 Å². The van der Waals surface area contributed by atoms with Gasteiger partial charge in [0.1, 0.15) is 12.6 Å². The number of hydrogen-bond donors (Lipinski definition) is 1. The average Bonchev–Trinajstić information content (AvgIpc) is 2.99. The molecule has 0 spiro atoms. The molecule has 1 N–H and O–H groups in total. The molecule has 3 atom stereocenters. The molecule has 106 valence electrons. The molecule has 1 heterocycles.